The van der Waals surface area contributed by atoms with Gasteiger partial charge in [-0.15, -0.1) is 0 Å². The normalized spacial score (nSPS) is 14.3. The van der Waals surface area contributed by atoms with Gasteiger partial charge in [-0.05, 0) is 56.4 Å². The van der Waals surface area contributed by atoms with Crippen molar-refractivity contribution in [2.75, 3.05) is 29.9 Å². The molecule has 6 heteroatoms. The minimum absolute atomic E-state index is 0.169. The van der Waals surface area contributed by atoms with Crippen LogP contribution in [-0.4, -0.2) is 35.5 Å². The van der Waals surface area contributed by atoms with Crippen molar-refractivity contribution in [2.45, 2.75) is 40.0 Å². The van der Waals surface area contributed by atoms with E-state index in [2.05, 4.69) is 63.6 Å². The molecular formula is C21H29N5O. The molecule has 2 aromatic rings. The first-order valence-corrected chi connectivity index (χ1v) is 9.77. The van der Waals surface area contributed by atoms with E-state index in [1.165, 1.54) is 24.9 Å². The number of nitrogens with zero attached hydrogens (tertiary/aromatic N) is 3. The Morgan fingerprint density at radius 3 is 2.48 bits per heavy atom. The van der Waals surface area contributed by atoms with E-state index in [1.807, 2.05) is 0 Å². The SMILES string of the molecule is Cc1nc(Nc2ccc(N3CCCCC3)cc2)cc(C(=O)NCC(C)C)n1. The molecule has 0 unspecified atom stereocenters. The molecule has 1 fully saturated rings. The van der Waals surface area contributed by atoms with Crippen LogP contribution in [0.5, 0.6) is 0 Å². The fourth-order valence-corrected chi connectivity index (χ4v) is 3.19. The summed E-state index contributed by atoms with van der Waals surface area (Å²) in [6, 6.07) is 10.1. The van der Waals surface area contributed by atoms with E-state index >= 15 is 0 Å². The molecule has 2 N–H and O–H groups in total. The van der Waals surface area contributed by atoms with Crippen LogP contribution in [0, 0.1) is 12.8 Å². The maximum Gasteiger partial charge on any atom is 0.270 e. The fourth-order valence-electron chi connectivity index (χ4n) is 3.19. The molecule has 2 heterocycles. The van der Waals surface area contributed by atoms with E-state index in [-0.39, 0.29) is 5.91 Å². The molecule has 3 rings (SSSR count). The lowest BCUT2D eigenvalue weighted by Gasteiger charge is -2.28. The molecule has 1 aromatic heterocycles. The van der Waals surface area contributed by atoms with Crippen LogP contribution in [0.15, 0.2) is 30.3 Å². The number of anilines is 3. The van der Waals surface area contributed by atoms with E-state index < -0.39 is 0 Å². The quantitative estimate of drug-likeness (QED) is 0.810. The van der Waals surface area contributed by atoms with Crippen LogP contribution < -0.4 is 15.5 Å². The lowest BCUT2D eigenvalue weighted by atomic mass is 10.1. The zero-order chi connectivity index (χ0) is 19.2. The average molecular weight is 367 g/mol. The molecule has 144 valence electrons. The first-order valence-electron chi connectivity index (χ1n) is 9.77. The summed E-state index contributed by atoms with van der Waals surface area (Å²) in [5.41, 5.74) is 2.59. The number of carbonyl (C=O) groups excluding carboxylic acids is 1. The highest BCUT2D eigenvalue weighted by atomic mass is 16.1. The number of aromatic nitrogens is 2. The van der Waals surface area contributed by atoms with Gasteiger partial charge < -0.3 is 15.5 Å². The van der Waals surface area contributed by atoms with Crippen molar-refractivity contribution in [3.8, 4) is 0 Å². The third kappa shape index (κ3) is 5.42. The van der Waals surface area contributed by atoms with Crippen LogP contribution >= 0.6 is 0 Å². The summed E-state index contributed by atoms with van der Waals surface area (Å²) in [4.78, 5) is 23.4. The van der Waals surface area contributed by atoms with Crippen LogP contribution in [0.25, 0.3) is 0 Å². The number of carbonyl (C=O) groups is 1. The lowest BCUT2D eigenvalue weighted by molar-refractivity contribution is 0.0943. The van der Waals surface area contributed by atoms with Crippen molar-refractivity contribution in [1.82, 2.24) is 15.3 Å². The highest BCUT2D eigenvalue weighted by Gasteiger charge is 2.12. The summed E-state index contributed by atoms with van der Waals surface area (Å²) in [6.07, 6.45) is 3.86. The summed E-state index contributed by atoms with van der Waals surface area (Å²) >= 11 is 0. The van der Waals surface area contributed by atoms with E-state index in [0.717, 1.165) is 18.8 Å². The molecule has 0 saturated carbocycles. The van der Waals surface area contributed by atoms with Crippen LogP contribution in [0.4, 0.5) is 17.2 Å². The Kier molecular flexibility index (Phi) is 6.27. The van der Waals surface area contributed by atoms with E-state index in [0.29, 0.717) is 29.8 Å². The van der Waals surface area contributed by atoms with Crippen molar-refractivity contribution in [2.24, 2.45) is 5.92 Å². The molecule has 1 aliphatic rings. The maximum absolute atomic E-state index is 12.3. The Morgan fingerprint density at radius 2 is 1.81 bits per heavy atom. The molecule has 1 aromatic carbocycles. The van der Waals surface area contributed by atoms with E-state index in [4.69, 9.17) is 0 Å². The van der Waals surface area contributed by atoms with Gasteiger partial charge in [-0.3, -0.25) is 4.79 Å². The van der Waals surface area contributed by atoms with Crippen molar-refractivity contribution in [1.29, 1.82) is 0 Å². The van der Waals surface area contributed by atoms with Gasteiger partial charge in [0.25, 0.3) is 5.91 Å². The van der Waals surface area contributed by atoms with Crippen LogP contribution in [0.2, 0.25) is 0 Å². The van der Waals surface area contributed by atoms with Gasteiger partial charge in [0.15, 0.2) is 0 Å². The molecule has 6 nitrogen and oxygen atoms in total. The van der Waals surface area contributed by atoms with Gasteiger partial charge >= 0.3 is 0 Å². The number of benzene rings is 1. The third-order valence-electron chi connectivity index (χ3n) is 4.60. The number of hydrogen-bond acceptors (Lipinski definition) is 5. The Labute approximate surface area is 161 Å². The minimum Gasteiger partial charge on any atom is -0.372 e. The zero-order valence-electron chi connectivity index (χ0n) is 16.5. The summed E-state index contributed by atoms with van der Waals surface area (Å²) in [6.45, 7) is 8.81. The Morgan fingerprint density at radius 1 is 1.11 bits per heavy atom. The van der Waals surface area contributed by atoms with E-state index in [1.54, 1.807) is 13.0 Å². The highest BCUT2D eigenvalue weighted by molar-refractivity contribution is 5.93. The fraction of sp³-hybridized carbons (Fsp3) is 0.476. The molecule has 0 spiro atoms. The van der Waals surface area contributed by atoms with Gasteiger partial charge in [-0.1, -0.05) is 13.8 Å². The van der Waals surface area contributed by atoms with Crippen molar-refractivity contribution >= 4 is 23.1 Å². The zero-order valence-corrected chi connectivity index (χ0v) is 16.5. The average Bonchev–Trinajstić information content (AvgIpc) is 2.67. The van der Waals surface area contributed by atoms with Crippen LogP contribution in [0.3, 0.4) is 0 Å². The van der Waals surface area contributed by atoms with Gasteiger partial charge in [0.1, 0.15) is 17.3 Å². The largest absolute Gasteiger partial charge is 0.372 e. The van der Waals surface area contributed by atoms with Gasteiger partial charge in [0.2, 0.25) is 0 Å². The topological polar surface area (TPSA) is 70.2 Å². The van der Waals surface area contributed by atoms with Crippen molar-refractivity contribution in [3.63, 3.8) is 0 Å². The molecule has 0 atom stereocenters. The number of hydrogen-bond donors (Lipinski definition) is 2. The van der Waals surface area contributed by atoms with Gasteiger partial charge in [0, 0.05) is 37.1 Å². The second kappa shape index (κ2) is 8.84. The lowest BCUT2D eigenvalue weighted by Crippen LogP contribution is -2.29. The Bertz CT molecular complexity index is 767. The summed E-state index contributed by atoms with van der Waals surface area (Å²) in [7, 11) is 0. The molecular weight excluding hydrogens is 338 g/mol. The first kappa shape index (κ1) is 19.1. The molecule has 1 amide bonds. The first-order chi connectivity index (χ1) is 13.0. The summed E-state index contributed by atoms with van der Waals surface area (Å²) in [5.74, 6) is 1.42. The number of nitrogens with one attached hydrogen (secondary N) is 2. The molecule has 0 aliphatic carbocycles. The minimum atomic E-state index is -0.169. The summed E-state index contributed by atoms with van der Waals surface area (Å²) in [5, 5.41) is 6.18. The predicted molar refractivity (Wildman–Crippen MR) is 110 cm³/mol. The van der Waals surface area contributed by atoms with Gasteiger partial charge in [-0.25, -0.2) is 9.97 Å². The molecule has 1 saturated heterocycles. The van der Waals surface area contributed by atoms with E-state index in [9.17, 15) is 4.79 Å². The molecule has 1 aliphatic heterocycles. The van der Waals surface area contributed by atoms with Crippen molar-refractivity contribution in [3.05, 3.63) is 41.9 Å². The standard InChI is InChI=1S/C21H29N5O/c1-15(2)14-22-21(27)19-13-20(24-16(3)23-19)25-17-7-9-18(10-8-17)26-11-5-4-6-12-26/h7-10,13,15H,4-6,11-12,14H2,1-3H3,(H,22,27)(H,23,24,25). The third-order valence-corrected chi connectivity index (χ3v) is 4.60. The smallest absolute Gasteiger partial charge is 0.270 e. The molecule has 27 heavy (non-hydrogen) atoms. The van der Waals surface area contributed by atoms with Crippen LogP contribution in [0.1, 0.15) is 49.4 Å². The second-order valence-corrected chi connectivity index (χ2v) is 7.51. The number of piperidine rings is 1. The Hall–Kier alpha value is -2.63. The second-order valence-electron chi connectivity index (χ2n) is 7.51. The predicted octanol–water partition coefficient (Wildman–Crippen LogP) is 3.90. The maximum atomic E-state index is 12.3. The highest BCUT2D eigenvalue weighted by Crippen LogP contribution is 2.23. The molecule has 0 bridgehead atoms. The molecule has 0 radical (unpaired) electrons. The monoisotopic (exact) mass is 367 g/mol. The van der Waals surface area contributed by atoms with Gasteiger partial charge in [0.05, 0.1) is 0 Å². The number of rotatable bonds is 6. The van der Waals surface area contributed by atoms with Crippen LogP contribution in [-0.2, 0) is 0 Å². The Balaban J connectivity index is 1.68. The number of aryl methyl sites for hydroxylation is 1. The van der Waals surface area contributed by atoms with Crippen molar-refractivity contribution < 1.29 is 4.79 Å². The number of amides is 1. The van der Waals surface area contributed by atoms with Gasteiger partial charge in [-0.2, -0.15) is 0 Å². The summed E-state index contributed by atoms with van der Waals surface area (Å²) < 4.78 is 0.